The summed E-state index contributed by atoms with van der Waals surface area (Å²) in [5.74, 6) is 0. The van der Waals surface area contributed by atoms with Crippen molar-refractivity contribution >= 4 is 22.6 Å². The van der Waals surface area contributed by atoms with Crippen molar-refractivity contribution in [3.05, 3.63) is 41.6 Å². The molecule has 1 fully saturated rings. The van der Waals surface area contributed by atoms with Gasteiger partial charge in [0.15, 0.2) is 10.7 Å². The third-order valence-electron chi connectivity index (χ3n) is 3.94. The summed E-state index contributed by atoms with van der Waals surface area (Å²) in [6, 6.07) is 8.61. The van der Waals surface area contributed by atoms with E-state index in [4.69, 9.17) is 5.10 Å². The number of hydrogen-bond acceptors (Lipinski definition) is 5. The maximum absolute atomic E-state index is 4.73. The first kappa shape index (κ1) is 12.1. The van der Waals surface area contributed by atoms with Crippen LogP contribution in [0.1, 0.15) is 24.0 Å². The van der Waals surface area contributed by atoms with Gasteiger partial charge < -0.3 is 10.2 Å². The fourth-order valence-corrected chi connectivity index (χ4v) is 3.84. The number of rotatable bonds is 1. The number of benzene rings is 1. The van der Waals surface area contributed by atoms with Gasteiger partial charge in [-0.2, -0.15) is 0 Å². The number of aryl methyl sites for hydroxylation is 1. The first-order valence-electron chi connectivity index (χ1n) is 7.13. The van der Waals surface area contributed by atoms with Crippen molar-refractivity contribution in [2.45, 2.75) is 25.3 Å². The highest BCUT2D eigenvalue weighted by atomic mass is 32.2. The standard InChI is InChI=1S/C15H18N4S/c1-11-4-6-12(7-5-11)13-10-19-14(16-13)20-15(17-19)18-8-2-3-9-18/h4-7,10,14,16H,2-3,8-9H2,1H3. The maximum atomic E-state index is 4.73. The van der Waals surface area contributed by atoms with Crippen molar-refractivity contribution in [3.63, 3.8) is 0 Å². The molecule has 0 spiro atoms. The number of nitrogens with one attached hydrogen (secondary N) is 1. The molecule has 1 aromatic carbocycles. The zero-order valence-corrected chi connectivity index (χ0v) is 12.4. The predicted molar refractivity (Wildman–Crippen MR) is 83.8 cm³/mol. The van der Waals surface area contributed by atoms with E-state index in [1.54, 1.807) is 0 Å². The largest absolute Gasteiger partial charge is 0.353 e. The minimum absolute atomic E-state index is 0.224. The van der Waals surface area contributed by atoms with Gasteiger partial charge in [0.25, 0.3) is 0 Å². The van der Waals surface area contributed by atoms with E-state index < -0.39 is 0 Å². The van der Waals surface area contributed by atoms with Gasteiger partial charge in [0, 0.05) is 13.1 Å². The number of fused-ring (bicyclic) bond motifs is 1. The van der Waals surface area contributed by atoms with Crippen LogP contribution in [0, 0.1) is 6.92 Å². The quantitative estimate of drug-likeness (QED) is 0.860. The van der Waals surface area contributed by atoms with Crippen LogP contribution in [-0.4, -0.2) is 33.7 Å². The van der Waals surface area contributed by atoms with Gasteiger partial charge in [0.05, 0.1) is 11.9 Å². The lowest BCUT2D eigenvalue weighted by Crippen LogP contribution is -2.28. The molecule has 3 aliphatic rings. The predicted octanol–water partition coefficient (Wildman–Crippen LogP) is 2.60. The highest BCUT2D eigenvalue weighted by Gasteiger charge is 2.34. The molecule has 4 nitrogen and oxygen atoms in total. The van der Waals surface area contributed by atoms with Crippen LogP contribution in [0.4, 0.5) is 0 Å². The Morgan fingerprint density at radius 3 is 2.65 bits per heavy atom. The van der Waals surface area contributed by atoms with Gasteiger partial charge in [-0.05, 0) is 37.1 Å². The Labute approximate surface area is 123 Å². The fourth-order valence-electron chi connectivity index (χ4n) is 2.76. The maximum Gasteiger partial charge on any atom is 0.187 e. The highest BCUT2D eigenvalue weighted by molar-refractivity contribution is 8.14. The molecular weight excluding hydrogens is 268 g/mol. The van der Waals surface area contributed by atoms with Gasteiger partial charge in [-0.3, -0.25) is 0 Å². The first-order valence-corrected chi connectivity index (χ1v) is 8.01. The smallest absolute Gasteiger partial charge is 0.187 e. The van der Waals surface area contributed by atoms with Gasteiger partial charge >= 0.3 is 0 Å². The number of hydrazone groups is 1. The van der Waals surface area contributed by atoms with Crippen LogP contribution < -0.4 is 5.32 Å². The van der Waals surface area contributed by atoms with Crippen LogP contribution in [0.3, 0.4) is 0 Å². The van der Waals surface area contributed by atoms with Gasteiger partial charge in [0.2, 0.25) is 0 Å². The molecule has 0 aromatic heterocycles. The zero-order chi connectivity index (χ0) is 13.5. The lowest BCUT2D eigenvalue weighted by Gasteiger charge is -2.16. The van der Waals surface area contributed by atoms with Gasteiger partial charge in [-0.15, -0.1) is 5.10 Å². The molecule has 104 valence electrons. The third kappa shape index (κ3) is 2.06. The number of likely N-dealkylation sites (tertiary alicyclic amines) is 1. The summed E-state index contributed by atoms with van der Waals surface area (Å²) < 4.78 is 0. The van der Waals surface area contributed by atoms with Gasteiger partial charge in [-0.25, -0.2) is 5.01 Å². The monoisotopic (exact) mass is 286 g/mol. The lowest BCUT2D eigenvalue weighted by atomic mass is 10.1. The van der Waals surface area contributed by atoms with Crippen molar-refractivity contribution in [3.8, 4) is 0 Å². The minimum Gasteiger partial charge on any atom is -0.353 e. The van der Waals surface area contributed by atoms with Gasteiger partial charge in [0.1, 0.15) is 0 Å². The van der Waals surface area contributed by atoms with Crippen LogP contribution in [0.5, 0.6) is 0 Å². The normalized spacial score (nSPS) is 24.6. The Hall–Kier alpha value is -1.62. The van der Waals surface area contributed by atoms with Crippen molar-refractivity contribution in [2.24, 2.45) is 5.10 Å². The van der Waals surface area contributed by atoms with Crippen molar-refractivity contribution in [1.29, 1.82) is 0 Å². The van der Waals surface area contributed by atoms with Crippen LogP contribution in [0.2, 0.25) is 0 Å². The SMILES string of the molecule is Cc1ccc(C2=CN3N=C(N4CCCC4)SC3N2)cc1. The molecule has 1 unspecified atom stereocenters. The van der Waals surface area contributed by atoms with E-state index in [0.29, 0.717) is 0 Å². The van der Waals surface area contributed by atoms with E-state index in [9.17, 15) is 0 Å². The molecule has 3 aliphatic heterocycles. The summed E-state index contributed by atoms with van der Waals surface area (Å²) in [5, 5.41) is 11.5. The molecule has 0 amide bonds. The average Bonchev–Trinajstić information content (AvgIpc) is 3.14. The Morgan fingerprint density at radius 1 is 1.20 bits per heavy atom. The number of hydrogen-bond donors (Lipinski definition) is 1. The van der Waals surface area contributed by atoms with E-state index in [2.05, 4.69) is 47.6 Å². The minimum atomic E-state index is 0.224. The number of nitrogens with zero attached hydrogens (tertiary/aromatic N) is 3. The summed E-state index contributed by atoms with van der Waals surface area (Å²) in [4.78, 5) is 2.39. The molecular formula is C15H18N4S. The van der Waals surface area contributed by atoms with E-state index in [0.717, 1.165) is 18.8 Å². The molecule has 5 heteroatoms. The van der Waals surface area contributed by atoms with E-state index in [-0.39, 0.29) is 5.50 Å². The number of thioether (sulfide) groups is 1. The highest BCUT2D eigenvalue weighted by Crippen LogP contribution is 2.34. The van der Waals surface area contributed by atoms with Gasteiger partial charge in [-0.1, -0.05) is 29.8 Å². The summed E-state index contributed by atoms with van der Waals surface area (Å²) in [5.41, 5.74) is 3.90. The molecule has 0 aliphatic carbocycles. The molecule has 0 bridgehead atoms. The van der Waals surface area contributed by atoms with Crippen molar-refractivity contribution < 1.29 is 0 Å². The average molecular weight is 286 g/mol. The topological polar surface area (TPSA) is 30.9 Å². The first-order chi connectivity index (χ1) is 9.79. The second kappa shape index (κ2) is 4.74. The molecule has 0 saturated carbocycles. The van der Waals surface area contributed by atoms with Crippen LogP contribution >= 0.6 is 11.8 Å². The van der Waals surface area contributed by atoms with E-state index in [1.807, 2.05) is 16.8 Å². The summed E-state index contributed by atoms with van der Waals surface area (Å²) in [7, 11) is 0. The lowest BCUT2D eigenvalue weighted by molar-refractivity contribution is 0.387. The molecule has 1 saturated heterocycles. The molecule has 0 radical (unpaired) electrons. The second-order valence-electron chi connectivity index (χ2n) is 5.48. The summed E-state index contributed by atoms with van der Waals surface area (Å²) >= 11 is 1.82. The molecule has 3 heterocycles. The Kier molecular flexibility index (Phi) is 2.88. The van der Waals surface area contributed by atoms with Crippen molar-refractivity contribution in [1.82, 2.24) is 15.2 Å². The molecule has 4 rings (SSSR count). The summed E-state index contributed by atoms with van der Waals surface area (Å²) in [6.45, 7) is 4.42. The second-order valence-corrected chi connectivity index (χ2v) is 6.53. The van der Waals surface area contributed by atoms with Crippen LogP contribution in [0.15, 0.2) is 35.6 Å². The Morgan fingerprint density at radius 2 is 1.95 bits per heavy atom. The van der Waals surface area contributed by atoms with Crippen LogP contribution in [0.25, 0.3) is 5.70 Å². The fraction of sp³-hybridized carbons (Fsp3) is 0.400. The van der Waals surface area contributed by atoms with E-state index >= 15 is 0 Å². The Bertz CT molecular complexity index is 572. The molecule has 1 N–H and O–H groups in total. The van der Waals surface area contributed by atoms with Crippen molar-refractivity contribution in [2.75, 3.05) is 13.1 Å². The van der Waals surface area contributed by atoms with E-state index in [1.165, 1.54) is 29.1 Å². The zero-order valence-electron chi connectivity index (χ0n) is 11.5. The third-order valence-corrected chi connectivity index (χ3v) is 5.05. The summed E-state index contributed by atoms with van der Waals surface area (Å²) in [6.07, 6.45) is 4.70. The molecule has 20 heavy (non-hydrogen) atoms. The number of amidine groups is 1. The molecule has 1 atom stereocenters. The van der Waals surface area contributed by atoms with Crippen LogP contribution in [-0.2, 0) is 0 Å². The molecule has 1 aromatic rings. The Balaban J connectivity index is 1.53.